The highest BCUT2D eigenvalue weighted by Crippen LogP contribution is 2.30. The van der Waals surface area contributed by atoms with Crippen LogP contribution in [0.1, 0.15) is 32.1 Å². The molecule has 0 radical (unpaired) electrons. The van der Waals surface area contributed by atoms with Gasteiger partial charge in [0.15, 0.2) is 0 Å². The Bertz CT molecular complexity index is 510. The van der Waals surface area contributed by atoms with Crippen molar-refractivity contribution in [2.24, 2.45) is 5.92 Å². The van der Waals surface area contributed by atoms with Crippen LogP contribution < -0.4 is 5.32 Å². The van der Waals surface area contributed by atoms with E-state index in [1.165, 1.54) is 48.0 Å². The Labute approximate surface area is 125 Å². The summed E-state index contributed by atoms with van der Waals surface area (Å²) in [6, 6.07) is 11.4. The highest BCUT2D eigenvalue weighted by molar-refractivity contribution is 7.99. The van der Waals surface area contributed by atoms with Crippen LogP contribution in [0.15, 0.2) is 35.4 Å². The first kappa shape index (κ1) is 14.0. The largest absolute Gasteiger partial charge is 0.350 e. The van der Waals surface area contributed by atoms with Crippen molar-refractivity contribution in [3.05, 3.63) is 30.3 Å². The van der Waals surface area contributed by atoms with Gasteiger partial charge in [-0.05, 0) is 37.9 Å². The number of thioether (sulfide) groups is 1. The summed E-state index contributed by atoms with van der Waals surface area (Å²) in [5.41, 5.74) is 1.24. The van der Waals surface area contributed by atoms with Gasteiger partial charge in [0.25, 0.3) is 0 Å². The van der Waals surface area contributed by atoms with Gasteiger partial charge in [0, 0.05) is 22.7 Å². The molecule has 0 saturated heterocycles. The van der Waals surface area contributed by atoms with Gasteiger partial charge < -0.3 is 10.3 Å². The molecule has 20 heavy (non-hydrogen) atoms. The summed E-state index contributed by atoms with van der Waals surface area (Å²) in [5, 5.41) is 6.15. The fourth-order valence-electron chi connectivity index (χ4n) is 3.30. The Kier molecular flexibility index (Phi) is 4.69. The van der Waals surface area contributed by atoms with Crippen LogP contribution in [0.5, 0.6) is 0 Å². The van der Waals surface area contributed by atoms with Crippen LogP contribution >= 0.6 is 11.8 Å². The first-order valence-electron chi connectivity index (χ1n) is 7.74. The molecule has 0 amide bonds. The Morgan fingerprint density at radius 2 is 2.05 bits per heavy atom. The van der Waals surface area contributed by atoms with E-state index >= 15 is 0 Å². The Balaban J connectivity index is 1.61. The summed E-state index contributed by atoms with van der Waals surface area (Å²) < 4.78 is 0. The molecule has 108 valence electrons. The number of nitrogens with one attached hydrogen (secondary N) is 2. The van der Waals surface area contributed by atoms with Crippen molar-refractivity contribution >= 4 is 22.7 Å². The molecule has 1 fully saturated rings. The average molecular weight is 288 g/mol. The second-order valence-corrected chi connectivity index (χ2v) is 6.89. The molecule has 1 atom stereocenters. The van der Waals surface area contributed by atoms with Gasteiger partial charge >= 0.3 is 0 Å². The van der Waals surface area contributed by atoms with Gasteiger partial charge in [-0.2, -0.15) is 0 Å². The minimum atomic E-state index is 0.645. The lowest BCUT2D eigenvalue weighted by Gasteiger charge is -2.29. The fraction of sp³-hybridized carbons (Fsp3) is 0.529. The number of hydrogen-bond acceptors (Lipinski definition) is 2. The molecular weight excluding hydrogens is 264 g/mol. The third-order valence-electron chi connectivity index (χ3n) is 4.51. The summed E-state index contributed by atoms with van der Waals surface area (Å²) in [7, 11) is 2.12. The molecule has 1 aliphatic rings. The predicted octanol–water partition coefficient (Wildman–Crippen LogP) is 4.43. The molecule has 0 spiro atoms. The van der Waals surface area contributed by atoms with Crippen molar-refractivity contribution in [2.45, 2.75) is 43.2 Å². The van der Waals surface area contributed by atoms with Crippen molar-refractivity contribution < 1.29 is 0 Å². The predicted molar refractivity (Wildman–Crippen MR) is 88.4 cm³/mol. The summed E-state index contributed by atoms with van der Waals surface area (Å²) in [4.78, 5) is 3.51. The number of benzene rings is 1. The van der Waals surface area contributed by atoms with Gasteiger partial charge in [-0.3, -0.25) is 0 Å². The lowest BCUT2D eigenvalue weighted by atomic mass is 9.84. The molecule has 1 aromatic heterocycles. The Morgan fingerprint density at radius 1 is 1.25 bits per heavy atom. The van der Waals surface area contributed by atoms with Crippen LogP contribution in [-0.2, 0) is 0 Å². The van der Waals surface area contributed by atoms with E-state index in [4.69, 9.17) is 0 Å². The van der Waals surface area contributed by atoms with Crippen molar-refractivity contribution in [3.8, 4) is 0 Å². The molecular formula is C17H24N2S. The fourth-order valence-corrected chi connectivity index (χ4v) is 4.49. The lowest BCUT2D eigenvalue weighted by Crippen LogP contribution is -2.36. The molecule has 2 aromatic rings. The Hall–Kier alpha value is -0.930. The molecule has 3 rings (SSSR count). The molecule has 1 heterocycles. The number of H-pyrrole nitrogens is 1. The van der Waals surface area contributed by atoms with E-state index in [0.29, 0.717) is 6.04 Å². The summed E-state index contributed by atoms with van der Waals surface area (Å²) in [5.74, 6) is 2.03. The van der Waals surface area contributed by atoms with Gasteiger partial charge in [-0.25, -0.2) is 0 Å². The molecule has 1 aliphatic carbocycles. The van der Waals surface area contributed by atoms with Crippen LogP contribution in [0.25, 0.3) is 10.9 Å². The van der Waals surface area contributed by atoms with Crippen LogP contribution in [0, 0.1) is 5.92 Å². The van der Waals surface area contributed by atoms with E-state index in [2.05, 4.69) is 47.7 Å². The van der Waals surface area contributed by atoms with E-state index in [0.717, 1.165) is 11.7 Å². The highest BCUT2D eigenvalue weighted by Gasteiger charge is 2.22. The summed E-state index contributed by atoms with van der Waals surface area (Å²) >= 11 is 1.95. The molecule has 0 bridgehead atoms. The molecule has 1 unspecified atom stereocenters. The van der Waals surface area contributed by atoms with Crippen molar-refractivity contribution in [3.63, 3.8) is 0 Å². The van der Waals surface area contributed by atoms with Gasteiger partial charge in [-0.15, -0.1) is 11.8 Å². The van der Waals surface area contributed by atoms with Crippen molar-refractivity contribution in [1.82, 2.24) is 10.3 Å². The van der Waals surface area contributed by atoms with Crippen molar-refractivity contribution in [1.29, 1.82) is 0 Å². The number of fused-ring (bicyclic) bond motifs is 1. The zero-order chi connectivity index (χ0) is 13.8. The SMILES string of the molecule is CNC(CSc1cc2ccccc2[nH]1)C1CCCCC1. The van der Waals surface area contributed by atoms with Crippen LogP contribution in [-0.4, -0.2) is 23.8 Å². The van der Waals surface area contributed by atoms with E-state index in [1.807, 2.05) is 11.8 Å². The topological polar surface area (TPSA) is 27.8 Å². The molecule has 1 aromatic carbocycles. The molecule has 2 N–H and O–H groups in total. The van der Waals surface area contributed by atoms with E-state index in [1.54, 1.807) is 0 Å². The third-order valence-corrected chi connectivity index (χ3v) is 5.57. The standard InChI is InChI=1S/C17H24N2S/c1-18-16(13-7-3-2-4-8-13)12-20-17-11-14-9-5-6-10-15(14)19-17/h5-6,9-11,13,16,18-19H,2-4,7-8,12H2,1H3. The maximum Gasteiger partial charge on any atom is 0.0733 e. The zero-order valence-electron chi connectivity index (χ0n) is 12.2. The number of para-hydroxylation sites is 1. The van der Waals surface area contributed by atoms with Crippen LogP contribution in [0.3, 0.4) is 0 Å². The van der Waals surface area contributed by atoms with Crippen LogP contribution in [0.2, 0.25) is 0 Å². The van der Waals surface area contributed by atoms with Gasteiger partial charge in [0.05, 0.1) is 5.03 Å². The average Bonchev–Trinajstić information content (AvgIpc) is 2.92. The minimum Gasteiger partial charge on any atom is -0.350 e. The second kappa shape index (κ2) is 6.68. The third kappa shape index (κ3) is 3.21. The highest BCUT2D eigenvalue weighted by atomic mass is 32.2. The maximum absolute atomic E-state index is 3.54. The number of rotatable bonds is 5. The second-order valence-electron chi connectivity index (χ2n) is 5.83. The minimum absolute atomic E-state index is 0.645. The first-order valence-corrected chi connectivity index (χ1v) is 8.73. The van der Waals surface area contributed by atoms with Gasteiger partial charge in [0.1, 0.15) is 0 Å². The number of aromatic amines is 1. The first-order chi connectivity index (χ1) is 9.86. The summed E-state index contributed by atoms with van der Waals surface area (Å²) in [6.07, 6.45) is 7.07. The number of hydrogen-bond donors (Lipinski definition) is 2. The monoisotopic (exact) mass is 288 g/mol. The van der Waals surface area contributed by atoms with Gasteiger partial charge in [0.2, 0.25) is 0 Å². The summed E-state index contributed by atoms with van der Waals surface area (Å²) in [6.45, 7) is 0. The normalized spacial score (nSPS) is 18.4. The smallest absolute Gasteiger partial charge is 0.0733 e. The van der Waals surface area contributed by atoms with E-state index in [-0.39, 0.29) is 0 Å². The molecule has 0 aliphatic heterocycles. The lowest BCUT2D eigenvalue weighted by molar-refractivity contribution is 0.294. The van der Waals surface area contributed by atoms with E-state index in [9.17, 15) is 0 Å². The Morgan fingerprint density at radius 3 is 2.80 bits per heavy atom. The molecule has 2 nitrogen and oxygen atoms in total. The number of aromatic nitrogens is 1. The van der Waals surface area contributed by atoms with E-state index < -0.39 is 0 Å². The van der Waals surface area contributed by atoms with Gasteiger partial charge in [-0.1, -0.05) is 37.5 Å². The maximum atomic E-state index is 3.54. The van der Waals surface area contributed by atoms with Crippen molar-refractivity contribution in [2.75, 3.05) is 12.8 Å². The molecule has 3 heteroatoms. The quantitative estimate of drug-likeness (QED) is 0.797. The molecule has 1 saturated carbocycles. The van der Waals surface area contributed by atoms with Crippen LogP contribution in [0.4, 0.5) is 0 Å². The zero-order valence-corrected chi connectivity index (χ0v) is 13.0.